The maximum Gasteiger partial charge on any atom is 0.196 e. The Bertz CT molecular complexity index is 1110. The van der Waals surface area contributed by atoms with Crippen molar-refractivity contribution in [2.24, 2.45) is 4.99 Å². The van der Waals surface area contributed by atoms with Crippen molar-refractivity contribution in [2.75, 3.05) is 6.54 Å². The molecule has 0 unspecified atom stereocenters. The van der Waals surface area contributed by atoms with E-state index in [1.165, 1.54) is 24.4 Å². The van der Waals surface area contributed by atoms with Crippen LogP contribution in [0.4, 0.5) is 0 Å². The third-order valence-electron chi connectivity index (χ3n) is 4.15. The molecule has 0 radical (unpaired) electrons. The Morgan fingerprint density at radius 1 is 0.897 bits per heavy atom. The summed E-state index contributed by atoms with van der Waals surface area (Å²) in [5.74, 6) is -1.37. The molecule has 0 spiro atoms. The largest absolute Gasteiger partial charge is 0.504 e. The Labute approximate surface area is 176 Å². The van der Waals surface area contributed by atoms with Gasteiger partial charge in [0.25, 0.3) is 0 Å². The van der Waals surface area contributed by atoms with Crippen LogP contribution in [0.2, 0.25) is 10.0 Å². The van der Waals surface area contributed by atoms with E-state index in [1.807, 2.05) is 0 Å². The van der Waals surface area contributed by atoms with E-state index in [9.17, 15) is 19.8 Å². The summed E-state index contributed by atoms with van der Waals surface area (Å²) in [5, 5.41) is 19.2. The number of rotatable bonds is 6. The second-order valence-corrected chi connectivity index (χ2v) is 6.90. The molecule has 0 aliphatic carbocycles. The molecule has 146 valence electrons. The number of benzene rings is 3. The predicted octanol–water partition coefficient (Wildman–Crippen LogP) is 4.94. The molecule has 2 N–H and O–H groups in total. The molecule has 3 rings (SSSR count). The van der Waals surface area contributed by atoms with E-state index in [-0.39, 0.29) is 50.8 Å². The normalized spacial score (nSPS) is 11.0. The van der Waals surface area contributed by atoms with E-state index >= 15 is 0 Å². The Morgan fingerprint density at radius 2 is 1.62 bits per heavy atom. The predicted molar refractivity (Wildman–Crippen MR) is 113 cm³/mol. The molecule has 0 amide bonds. The lowest BCUT2D eigenvalue weighted by Gasteiger charge is -2.09. The zero-order valence-corrected chi connectivity index (χ0v) is 16.5. The maximum atomic E-state index is 12.8. The summed E-state index contributed by atoms with van der Waals surface area (Å²) < 4.78 is 0. The average molecular weight is 428 g/mol. The highest BCUT2D eigenvalue weighted by atomic mass is 35.5. The fraction of sp³-hybridized carbons (Fsp3) is 0.0455. The van der Waals surface area contributed by atoms with E-state index < -0.39 is 0 Å². The van der Waals surface area contributed by atoms with Gasteiger partial charge in [-0.2, -0.15) is 0 Å². The zero-order chi connectivity index (χ0) is 21.0. The van der Waals surface area contributed by atoms with Crippen molar-refractivity contribution in [3.8, 4) is 11.5 Å². The van der Waals surface area contributed by atoms with Crippen LogP contribution in [0.1, 0.15) is 31.8 Å². The van der Waals surface area contributed by atoms with Gasteiger partial charge in [-0.25, -0.2) is 0 Å². The fourth-order valence-corrected chi connectivity index (χ4v) is 3.22. The van der Waals surface area contributed by atoms with Gasteiger partial charge in [-0.3, -0.25) is 14.6 Å². The van der Waals surface area contributed by atoms with E-state index in [0.29, 0.717) is 11.1 Å². The number of carbonyl (C=O) groups is 2. The number of Topliss-reactive ketones (excluding diaryl/α,β-unsaturated/α-hetero) is 1. The fourth-order valence-electron chi connectivity index (χ4n) is 2.63. The number of aliphatic imine (C=N–C) groups is 1. The highest BCUT2D eigenvalue weighted by molar-refractivity contribution is 6.42. The van der Waals surface area contributed by atoms with Crippen molar-refractivity contribution in [3.63, 3.8) is 0 Å². The second-order valence-electron chi connectivity index (χ2n) is 6.12. The first kappa shape index (κ1) is 20.6. The molecule has 5 nitrogen and oxygen atoms in total. The van der Waals surface area contributed by atoms with Crippen LogP contribution in [0, 0.1) is 0 Å². The maximum absolute atomic E-state index is 12.8. The molecule has 0 fully saturated rings. The smallest absolute Gasteiger partial charge is 0.196 e. The molecule has 7 heteroatoms. The molecule has 0 bridgehead atoms. The van der Waals surface area contributed by atoms with Crippen LogP contribution in [0.25, 0.3) is 0 Å². The van der Waals surface area contributed by atoms with Crippen molar-refractivity contribution < 1.29 is 19.8 Å². The lowest BCUT2D eigenvalue weighted by atomic mass is 10.0. The van der Waals surface area contributed by atoms with Crippen molar-refractivity contribution in [1.29, 1.82) is 0 Å². The highest BCUT2D eigenvalue weighted by Crippen LogP contribution is 2.30. The molecule has 0 aliphatic heterocycles. The first-order valence-corrected chi connectivity index (χ1v) is 9.27. The molecule has 3 aromatic rings. The number of phenols is 2. The number of hydrogen-bond acceptors (Lipinski definition) is 5. The van der Waals surface area contributed by atoms with Gasteiger partial charge in [-0.15, -0.1) is 0 Å². The summed E-state index contributed by atoms with van der Waals surface area (Å²) in [6, 6.07) is 15.6. The molecule has 0 aromatic heterocycles. The van der Waals surface area contributed by atoms with Gasteiger partial charge in [0.15, 0.2) is 23.1 Å². The number of ketones is 2. The van der Waals surface area contributed by atoms with Crippen molar-refractivity contribution in [1.82, 2.24) is 0 Å². The summed E-state index contributed by atoms with van der Waals surface area (Å²) in [7, 11) is 0. The van der Waals surface area contributed by atoms with Gasteiger partial charge < -0.3 is 10.2 Å². The summed E-state index contributed by atoms with van der Waals surface area (Å²) >= 11 is 12.6. The summed E-state index contributed by atoms with van der Waals surface area (Å²) in [4.78, 5) is 29.0. The molecule has 0 saturated heterocycles. The molecule has 0 saturated carbocycles. The molecule has 0 atom stereocenters. The number of halogens is 2. The quantitative estimate of drug-likeness (QED) is 0.331. The molecule has 3 aromatic carbocycles. The highest BCUT2D eigenvalue weighted by Gasteiger charge is 2.18. The van der Waals surface area contributed by atoms with Crippen molar-refractivity contribution in [2.45, 2.75) is 0 Å². The van der Waals surface area contributed by atoms with Crippen LogP contribution in [0.3, 0.4) is 0 Å². The van der Waals surface area contributed by atoms with Crippen LogP contribution in [-0.2, 0) is 0 Å². The molecular formula is C22H15Cl2NO4. The van der Waals surface area contributed by atoms with Crippen molar-refractivity contribution in [3.05, 3.63) is 93.0 Å². The van der Waals surface area contributed by atoms with Gasteiger partial charge in [0.1, 0.15) is 6.54 Å². The number of hydrogen-bond donors (Lipinski definition) is 2. The Morgan fingerprint density at radius 3 is 2.31 bits per heavy atom. The lowest BCUT2D eigenvalue weighted by molar-refractivity contribution is 0.1000. The Balaban J connectivity index is 1.82. The number of aromatic hydroxyl groups is 2. The standard InChI is InChI=1S/C22H15Cl2NO4/c23-16-8-6-15(21(24)20(16)22(29)13-4-2-1-3-5-13)11-25-12-19(28)14-7-9-17(26)18(27)10-14/h1-11,26-27H,12H2. The third kappa shape index (κ3) is 4.65. The minimum absolute atomic E-state index is 0.143. The van der Waals surface area contributed by atoms with Gasteiger partial charge in [0, 0.05) is 22.9 Å². The van der Waals surface area contributed by atoms with Crippen LogP contribution in [0.5, 0.6) is 11.5 Å². The zero-order valence-electron chi connectivity index (χ0n) is 15.0. The van der Waals surface area contributed by atoms with Gasteiger partial charge in [0.2, 0.25) is 0 Å². The Kier molecular flexibility index (Phi) is 6.32. The lowest BCUT2D eigenvalue weighted by Crippen LogP contribution is -2.06. The number of phenolic OH excluding ortho intramolecular Hbond substituents is 2. The number of nitrogens with zero attached hydrogens (tertiary/aromatic N) is 1. The number of carbonyl (C=O) groups excluding carboxylic acids is 2. The van der Waals surface area contributed by atoms with E-state index in [2.05, 4.69) is 4.99 Å². The summed E-state index contributed by atoms with van der Waals surface area (Å²) in [6.45, 7) is -0.203. The van der Waals surface area contributed by atoms with Gasteiger partial charge in [-0.1, -0.05) is 59.6 Å². The summed E-state index contributed by atoms with van der Waals surface area (Å²) in [5.41, 5.74) is 1.27. The monoisotopic (exact) mass is 427 g/mol. The van der Waals surface area contributed by atoms with Gasteiger partial charge in [0.05, 0.1) is 15.6 Å². The third-order valence-corrected chi connectivity index (χ3v) is 4.87. The molecular weight excluding hydrogens is 413 g/mol. The second kappa shape index (κ2) is 8.90. The van der Waals surface area contributed by atoms with Crippen LogP contribution in [0.15, 0.2) is 65.7 Å². The molecule has 0 heterocycles. The van der Waals surface area contributed by atoms with E-state index in [4.69, 9.17) is 23.2 Å². The molecule has 0 aliphatic rings. The van der Waals surface area contributed by atoms with Crippen molar-refractivity contribution >= 4 is 41.0 Å². The van der Waals surface area contributed by atoms with E-state index in [0.717, 1.165) is 0 Å². The van der Waals surface area contributed by atoms with E-state index in [1.54, 1.807) is 42.5 Å². The van der Waals surface area contributed by atoms with Gasteiger partial charge in [-0.05, 0) is 24.3 Å². The SMILES string of the molecule is O=C(CN=Cc1ccc(Cl)c(C(=O)c2ccccc2)c1Cl)c1ccc(O)c(O)c1. The first-order valence-electron chi connectivity index (χ1n) is 8.51. The average Bonchev–Trinajstić information content (AvgIpc) is 2.72. The Hall–Kier alpha value is -3.15. The van der Waals surface area contributed by atoms with Crippen LogP contribution in [-0.4, -0.2) is 34.5 Å². The minimum atomic E-state index is -0.385. The van der Waals surface area contributed by atoms with Gasteiger partial charge >= 0.3 is 0 Å². The van der Waals surface area contributed by atoms with Crippen LogP contribution < -0.4 is 0 Å². The minimum Gasteiger partial charge on any atom is -0.504 e. The molecule has 29 heavy (non-hydrogen) atoms. The van der Waals surface area contributed by atoms with Crippen LogP contribution >= 0.6 is 23.2 Å². The summed E-state index contributed by atoms with van der Waals surface area (Å²) in [6.07, 6.45) is 1.39. The topological polar surface area (TPSA) is 87.0 Å². The first-order chi connectivity index (χ1) is 13.9.